The lowest BCUT2D eigenvalue weighted by Crippen LogP contribution is -2.33. The van der Waals surface area contributed by atoms with Crippen LogP contribution in [-0.4, -0.2) is 16.7 Å². The molecule has 6 heteroatoms. The number of fused-ring (bicyclic) bond motifs is 1. The van der Waals surface area contributed by atoms with Crippen LogP contribution in [0.4, 0.5) is 5.69 Å². The fourth-order valence-electron chi connectivity index (χ4n) is 2.42. The van der Waals surface area contributed by atoms with Crippen LogP contribution in [-0.2, 0) is 11.2 Å². The molecule has 2 aromatic carbocycles. The van der Waals surface area contributed by atoms with Gasteiger partial charge in [0.15, 0.2) is 5.78 Å². The first kappa shape index (κ1) is 13.9. The van der Waals surface area contributed by atoms with E-state index in [-0.39, 0.29) is 23.6 Å². The van der Waals surface area contributed by atoms with Gasteiger partial charge in [0.25, 0.3) is 5.69 Å². The molecular weight excluding hydrogens is 286 g/mol. The average molecular weight is 297 g/mol. The molecule has 1 atom stereocenters. The number of nitro groups is 1. The quantitative estimate of drug-likeness (QED) is 0.217. The molecule has 0 amide bonds. The van der Waals surface area contributed by atoms with Crippen LogP contribution in [0, 0.1) is 16.0 Å². The Bertz CT molecular complexity index is 769. The van der Waals surface area contributed by atoms with E-state index in [1.54, 1.807) is 30.3 Å². The van der Waals surface area contributed by atoms with E-state index in [0.29, 0.717) is 11.1 Å². The largest absolute Gasteiger partial charge is 0.426 e. The fraction of sp³-hybridized carbons (Fsp3) is 0.125. The Labute approximate surface area is 125 Å². The maximum atomic E-state index is 12.4. The highest BCUT2D eigenvalue weighted by Gasteiger charge is 2.35. The first-order chi connectivity index (χ1) is 10.6. The lowest BCUT2D eigenvalue weighted by molar-refractivity contribution is -0.385. The Kier molecular flexibility index (Phi) is 3.42. The number of hydrogen-bond donors (Lipinski definition) is 0. The van der Waals surface area contributed by atoms with Gasteiger partial charge < -0.3 is 4.74 Å². The summed E-state index contributed by atoms with van der Waals surface area (Å²) in [6.45, 7) is 0. The predicted molar refractivity (Wildman–Crippen MR) is 76.7 cm³/mol. The van der Waals surface area contributed by atoms with Crippen molar-refractivity contribution in [3.8, 4) is 5.75 Å². The van der Waals surface area contributed by atoms with Crippen molar-refractivity contribution in [2.24, 2.45) is 5.92 Å². The molecule has 0 radical (unpaired) electrons. The number of rotatable bonds is 3. The van der Waals surface area contributed by atoms with E-state index in [0.717, 1.165) is 0 Å². The third kappa shape index (κ3) is 2.46. The van der Waals surface area contributed by atoms with E-state index in [9.17, 15) is 19.7 Å². The number of nitro benzene ring substituents is 1. The first-order valence-corrected chi connectivity index (χ1v) is 6.64. The lowest BCUT2D eigenvalue weighted by atomic mass is 9.89. The molecule has 0 fully saturated rings. The molecule has 1 heterocycles. The minimum atomic E-state index is -0.975. The highest BCUT2D eigenvalue weighted by Crippen LogP contribution is 2.32. The van der Waals surface area contributed by atoms with Crippen LogP contribution in [0.3, 0.4) is 0 Å². The summed E-state index contributed by atoms with van der Waals surface area (Å²) < 4.78 is 5.14. The van der Waals surface area contributed by atoms with E-state index < -0.39 is 16.8 Å². The van der Waals surface area contributed by atoms with Gasteiger partial charge in [0, 0.05) is 23.3 Å². The SMILES string of the molecule is O=C1Oc2ccc([N+](=O)[O-])cc2CC1C(=O)c1ccccc1. The molecule has 0 bridgehead atoms. The molecule has 110 valence electrons. The van der Waals surface area contributed by atoms with Crippen LogP contribution in [0.15, 0.2) is 48.5 Å². The van der Waals surface area contributed by atoms with Crippen molar-refractivity contribution in [1.82, 2.24) is 0 Å². The summed E-state index contributed by atoms with van der Waals surface area (Å²) in [6.07, 6.45) is 0.101. The molecule has 22 heavy (non-hydrogen) atoms. The molecule has 1 aliphatic heterocycles. The van der Waals surface area contributed by atoms with E-state index in [1.165, 1.54) is 18.2 Å². The van der Waals surface area contributed by atoms with Crippen molar-refractivity contribution < 1.29 is 19.2 Å². The highest BCUT2D eigenvalue weighted by molar-refractivity contribution is 6.09. The number of Topliss-reactive ketones (excluding diaryl/α,β-unsaturated/α-hetero) is 1. The normalized spacial score (nSPS) is 16.5. The topological polar surface area (TPSA) is 86.5 Å². The number of carbonyl (C=O) groups excluding carboxylic acids is 2. The standard InChI is InChI=1S/C16H11NO5/c18-15(10-4-2-1-3-5-10)13-9-11-8-12(17(20)21)6-7-14(11)22-16(13)19/h1-8,13H,9H2. The molecule has 0 saturated carbocycles. The Morgan fingerprint density at radius 2 is 1.91 bits per heavy atom. The smallest absolute Gasteiger partial charge is 0.322 e. The van der Waals surface area contributed by atoms with E-state index in [2.05, 4.69) is 0 Å². The van der Waals surface area contributed by atoms with Gasteiger partial charge in [-0.15, -0.1) is 0 Å². The molecular formula is C16H11NO5. The molecule has 2 aromatic rings. The van der Waals surface area contributed by atoms with Gasteiger partial charge in [-0.25, -0.2) is 0 Å². The van der Waals surface area contributed by atoms with Crippen molar-refractivity contribution in [3.63, 3.8) is 0 Å². The summed E-state index contributed by atoms with van der Waals surface area (Å²) in [7, 11) is 0. The van der Waals surface area contributed by atoms with Gasteiger partial charge in [-0.1, -0.05) is 30.3 Å². The molecule has 6 nitrogen and oxygen atoms in total. The van der Waals surface area contributed by atoms with Gasteiger partial charge in [-0.2, -0.15) is 0 Å². The number of nitrogens with zero attached hydrogens (tertiary/aromatic N) is 1. The zero-order valence-corrected chi connectivity index (χ0v) is 11.4. The second-order valence-electron chi connectivity index (χ2n) is 4.96. The molecule has 0 spiro atoms. The van der Waals surface area contributed by atoms with Crippen LogP contribution in [0.5, 0.6) is 5.75 Å². The van der Waals surface area contributed by atoms with Crippen LogP contribution in [0.2, 0.25) is 0 Å². The molecule has 1 aliphatic rings. The van der Waals surface area contributed by atoms with Crippen molar-refractivity contribution in [2.45, 2.75) is 6.42 Å². The number of ether oxygens (including phenoxy) is 1. The number of non-ortho nitro benzene ring substituents is 1. The molecule has 1 unspecified atom stereocenters. The predicted octanol–water partition coefficient (Wildman–Crippen LogP) is 2.56. The highest BCUT2D eigenvalue weighted by atomic mass is 16.6. The number of carbonyl (C=O) groups is 2. The summed E-state index contributed by atoms with van der Waals surface area (Å²) in [5, 5.41) is 10.8. The summed E-state index contributed by atoms with van der Waals surface area (Å²) in [5.74, 6) is -1.68. The fourth-order valence-corrected chi connectivity index (χ4v) is 2.42. The first-order valence-electron chi connectivity index (χ1n) is 6.64. The van der Waals surface area contributed by atoms with Gasteiger partial charge in [-0.05, 0) is 12.5 Å². The van der Waals surface area contributed by atoms with Crippen LogP contribution in [0.1, 0.15) is 15.9 Å². The third-order valence-corrected chi connectivity index (χ3v) is 3.55. The van der Waals surface area contributed by atoms with Crippen LogP contribution < -0.4 is 4.74 Å². The molecule has 0 aliphatic carbocycles. The molecule has 0 saturated heterocycles. The minimum absolute atomic E-state index is 0.0948. The molecule has 0 N–H and O–H groups in total. The van der Waals surface area contributed by atoms with Crippen molar-refractivity contribution in [1.29, 1.82) is 0 Å². The van der Waals surface area contributed by atoms with Gasteiger partial charge in [0.05, 0.1) is 4.92 Å². The Hall–Kier alpha value is -3.02. The van der Waals surface area contributed by atoms with E-state index in [4.69, 9.17) is 4.74 Å². The maximum Gasteiger partial charge on any atom is 0.322 e. The maximum absolute atomic E-state index is 12.4. The van der Waals surface area contributed by atoms with Crippen LogP contribution in [0.25, 0.3) is 0 Å². The van der Waals surface area contributed by atoms with Gasteiger partial charge in [0.2, 0.25) is 0 Å². The zero-order valence-electron chi connectivity index (χ0n) is 11.4. The van der Waals surface area contributed by atoms with Gasteiger partial charge >= 0.3 is 5.97 Å². The minimum Gasteiger partial charge on any atom is -0.426 e. The summed E-state index contributed by atoms with van der Waals surface area (Å²) in [6, 6.07) is 12.4. The van der Waals surface area contributed by atoms with Gasteiger partial charge in [-0.3, -0.25) is 19.7 Å². The van der Waals surface area contributed by atoms with E-state index in [1.807, 2.05) is 0 Å². The second-order valence-corrected chi connectivity index (χ2v) is 4.96. The van der Waals surface area contributed by atoms with Crippen molar-refractivity contribution in [2.75, 3.05) is 0 Å². The van der Waals surface area contributed by atoms with Gasteiger partial charge in [0.1, 0.15) is 11.7 Å². The third-order valence-electron chi connectivity index (χ3n) is 3.55. The molecule has 3 rings (SSSR count). The number of benzene rings is 2. The Balaban J connectivity index is 1.93. The monoisotopic (exact) mass is 297 g/mol. The average Bonchev–Trinajstić information content (AvgIpc) is 2.54. The second kappa shape index (κ2) is 5.40. The van der Waals surface area contributed by atoms with Crippen molar-refractivity contribution in [3.05, 3.63) is 69.8 Å². The van der Waals surface area contributed by atoms with Crippen LogP contribution >= 0.6 is 0 Å². The van der Waals surface area contributed by atoms with Crippen molar-refractivity contribution >= 4 is 17.4 Å². The lowest BCUT2D eigenvalue weighted by Gasteiger charge is -2.22. The molecule has 0 aromatic heterocycles. The Morgan fingerprint density at radius 1 is 1.18 bits per heavy atom. The summed E-state index contributed by atoms with van der Waals surface area (Å²) in [5.41, 5.74) is 0.809. The van der Waals surface area contributed by atoms with E-state index >= 15 is 0 Å². The number of hydrogen-bond acceptors (Lipinski definition) is 5. The number of ketones is 1. The number of esters is 1. The Morgan fingerprint density at radius 3 is 2.59 bits per heavy atom. The zero-order chi connectivity index (χ0) is 15.7. The summed E-state index contributed by atoms with van der Waals surface area (Å²) in [4.78, 5) is 34.7. The summed E-state index contributed by atoms with van der Waals surface area (Å²) >= 11 is 0.